The largest absolute Gasteiger partial charge is 0.356 e. The van der Waals surface area contributed by atoms with Crippen molar-refractivity contribution in [2.24, 2.45) is 0 Å². The number of rotatable bonds is 4. The van der Waals surface area contributed by atoms with Gasteiger partial charge in [0.15, 0.2) is 0 Å². The van der Waals surface area contributed by atoms with Crippen LogP contribution in [0.25, 0.3) is 11.6 Å². The lowest BCUT2D eigenvalue weighted by Crippen LogP contribution is -2.23. The first-order valence-electron chi connectivity index (χ1n) is 9.37. The van der Waals surface area contributed by atoms with Crippen LogP contribution in [0.3, 0.4) is 0 Å². The molecule has 4 rings (SSSR count). The number of nitrogens with one attached hydrogen (secondary N) is 1. The van der Waals surface area contributed by atoms with Crippen molar-refractivity contribution in [1.82, 2.24) is 4.98 Å². The lowest BCUT2D eigenvalue weighted by molar-refractivity contribution is 0.821. The van der Waals surface area contributed by atoms with E-state index in [4.69, 9.17) is 0 Å². The maximum Gasteiger partial charge on any atom is 0.113 e. The van der Waals surface area contributed by atoms with Crippen molar-refractivity contribution < 1.29 is 0 Å². The van der Waals surface area contributed by atoms with Crippen LogP contribution in [-0.4, -0.2) is 23.9 Å². The third-order valence-electron chi connectivity index (χ3n) is 5.45. The summed E-state index contributed by atoms with van der Waals surface area (Å²) in [5, 5.41) is 1.03. The minimum absolute atomic E-state index is 0.440. The molecule has 1 aliphatic heterocycles. The Bertz CT molecular complexity index is 1000. The second-order valence-corrected chi connectivity index (χ2v) is 7.90. The Labute approximate surface area is 163 Å². The lowest BCUT2D eigenvalue weighted by atomic mass is 9.94. The minimum Gasteiger partial charge on any atom is -0.356 e. The molecule has 0 amide bonds. The summed E-state index contributed by atoms with van der Waals surface area (Å²) in [6.45, 7) is 6.91. The normalized spacial score (nSPS) is 18.2. The molecule has 1 N–H and O–H groups in total. The van der Waals surface area contributed by atoms with Gasteiger partial charge in [0.25, 0.3) is 0 Å². The number of H-pyrrole nitrogens is 1. The molecule has 0 spiro atoms. The van der Waals surface area contributed by atoms with Gasteiger partial charge in [-0.05, 0) is 53.8 Å². The standard InChI is InChI=1S/C24H25N2P/c1-4-23(27)21-13-18(11-10-16(21)2)20-12-19-14-22(17-8-6-5-7-9-17)25-24(19)26(3)15-20/h4-8,10-14,17,25,27H,1,9,15H2,2-3H3. The van der Waals surface area contributed by atoms with E-state index in [9.17, 15) is 0 Å². The summed E-state index contributed by atoms with van der Waals surface area (Å²) in [5.74, 6) is 1.65. The molecule has 136 valence electrons. The Hall–Kier alpha value is -2.57. The smallest absolute Gasteiger partial charge is 0.113 e. The van der Waals surface area contributed by atoms with Gasteiger partial charge in [-0.1, -0.05) is 49.1 Å². The summed E-state index contributed by atoms with van der Waals surface area (Å²) in [6.07, 6.45) is 14.0. The molecule has 2 aliphatic rings. The number of anilines is 1. The number of hydrogen-bond acceptors (Lipinski definition) is 1. The quantitative estimate of drug-likeness (QED) is 0.676. The van der Waals surface area contributed by atoms with E-state index in [0.29, 0.717) is 5.92 Å². The zero-order valence-electron chi connectivity index (χ0n) is 15.9. The number of likely N-dealkylation sites (N-methyl/N-ethyl adjacent to an activating group) is 1. The summed E-state index contributed by atoms with van der Waals surface area (Å²) in [4.78, 5) is 5.95. The molecule has 27 heavy (non-hydrogen) atoms. The topological polar surface area (TPSA) is 19.0 Å². The maximum absolute atomic E-state index is 3.89. The average Bonchev–Trinajstić information content (AvgIpc) is 3.13. The van der Waals surface area contributed by atoms with Crippen LogP contribution >= 0.6 is 8.86 Å². The lowest BCUT2D eigenvalue weighted by Gasteiger charge is -2.26. The van der Waals surface area contributed by atoms with Crippen molar-refractivity contribution in [3.63, 3.8) is 0 Å². The molecule has 0 bridgehead atoms. The zero-order chi connectivity index (χ0) is 19.0. The van der Waals surface area contributed by atoms with Crippen LogP contribution in [0.4, 0.5) is 5.82 Å². The van der Waals surface area contributed by atoms with E-state index in [1.165, 1.54) is 39.3 Å². The predicted molar refractivity (Wildman–Crippen MR) is 121 cm³/mol. The fourth-order valence-corrected chi connectivity index (χ4v) is 4.15. The Balaban J connectivity index is 1.71. The van der Waals surface area contributed by atoms with Gasteiger partial charge in [0, 0.05) is 36.1 Å². The summed E-state index contributed by atoms with van der Waals surface area (Å²) >= 11 is 0. The first-order chi connectivity index (χ1) is 13.1. The van der Waals surface area contributed by atoms with Gasteiger partial charge < -0.3 is 9.88 Å². The molecule has 1 aromatic heterocycles. The van der Waals surface area contributed by atoms with Crippen LogP contribution < -0.4 is 4.90 Å². The number of aromatic amines is 1. The van der Waals surface area contributed by atoms with Crippen LogP contribution in [0, 0.1) is 6.92 Å². The molecule has 0 fully saturated rings. The van der Waals surface area contributed by atoms with Gasteiger partial charge in [0.05, 0.1) is 0 Å². The fraction of sp³-hybridized carbons (Fsp3) is 0.208. The van der Waals surface area contributed by atoms with E-state index in [0.717, 1.165) is 18.3 Å². The third kappa shape index (κ3) is 3.38. The maximum atomic E-state index is 3.89. The Morgan fingerprint density at radius 2 is 2.15 bits per heavy atom. The van der Waals surface area contributed by atoms with Crippen LogP contribution in [0.5, 0.6) is 0 Å². The number of benzene rings is 1. The van der Waals surface area contributed by atoms with Gasteiger partial charge >= 0.3 is 0 Å². The van der Waals surface area contributed by atoms with Crippen molar-refractivity contribution in [2.45, 2.75) is 19.3 Å². The van der Waals surface area contributed by atoms with Crippen LogP contribution in [-0.2, 0) is 0 Å². The molecule has 1 atom stereocenters. The highest BCUT2D eigenvalue weighted by molar-refractivity contribution is 7.23. The molecule has 3 heteroatoms. The molecule has 0 radical (unpaired) electrons. The van der Waals surface area contributed by atoms with Crippen LogP contribution in [0.2, 0.25) is 0 Å². The van der Waals surface area contributed by atoms with E-state index in [1.54, 1.807) is 0 Å². The molecule has 1 aromatic carbocycles. The monoisotopic (exact) mass is 372 g/mol. The Kier molecular flexibility index (Phi) is 4.76. The summed E-state index contributed by atoms with van der Waals surface area (Å²) in [6, 6.07) is 8.96. The van der Waals surface area contributed by atoms with E-state index in [1.807, 2.05) is 6.08 Å². The minimum atomic E-state index is 0.440. The van der Waals surface area contributed by atoms with Crippen molar-refractivity contribution >= 4 is 31.6 Å². The van der Waals surface area contributed by atoms with Gasteiger partial charge in [-0.25, -0.2) is 0 Å². The molecular formula is C24H25N2P. The second-order valence-electron chi connectivity index (χ2n) is 7.36. The highest BCUT2D eigenvalue weighted by Crippen LogP contribution is 2.36. The first kappa shape index (κ1) is 17.8. The van der Waals surface area contributed by atoms with Gasteiger partial charge in [-0.15, -0.1) is 8.86 Å². The molecular weight excluding hydrogens is 347 g/mol. The Morgan fingerprint density at radius 1 is 1.30 bits per heavy atom. The number of nitrogens with zero attached hydrogens (tertiary/aromatic N) is 1. The molecule has 2 aromatic rings. The summed E-state index contributed by atoms with van der Waals surface area (Å²) in [7, 11) is 5.84. The van der Waals surface area contributed by atoms with Crippen molar-refractivity contribution in [1.29, 1.82) is 0 Å². The van der Waals surface area contributed by atoms with Crippen LogP contribution in [0.15, 0.2) is 61.2 Å². The van der Waals surface area contributed by atoms with Gasteiger partial charge in [0.1, 0.15) is 5.82 Å². The number of fused-ring (bicyclic) bond motifs is 1. The van der Waals surface area contributed by atoms with Crippen molar-refractivity contribution in [3.8, 4) is 0 Å². The SMILES string of the molecule is C=CC(=P)c1cc(C2=Cc3cc(C4C=CC=CC4)[nH]c3N(C)C2)ccc1C. The number of aromatic nitrogens is 1. The highest BCUT2D eigenvalue weighted by atomic mass is 31.0. The number of hydrogen-bond donors (Lipinski definition) is 1. The predicted octanol–water partition coefficient (Wildman–Crippen LogP) is 5.76. The highest BCUT2D eigenvalue weighted by Gasteiger charge is 2.21. The summed E-state index contributed by atoms with van der Waals surface area (Å²) < 4.78 is 0. The van der Waals surface area contributed by atoms with E-state index in [-0.39, 0.29) is 0 Å². The molecule has 1 aliphatic carbocycles. The van der Waals surface area contributed by atoms with E-state index < -0.39 is 0 Å². The average molecular weight is 372 g/mol. The first-order valence-corrected chi connectivity index (χ1v) is 9.87. The fourth-order valence-electron chi connectivity index (χ4n) is 3.88. The van der Waals surface area contributed by atoms with E-state index in [2.05, 4.69) is 93.9 Å². The Morgan fingerprint density at radius 3 is 2.89 bits per heavy atom. The molecule has 1 unspecified atom stereocenters. The molecule has 0 saturated heterocycles. The molecule has 0 saturated carbocycles. The van der Waals surface area contributed by atoms with Crippen molar-refractivity contribution in [2.75, 3.05) is 18.5 Å². The van der Waals surface area contributed by atoms with Gasteiger partial charge in [0.2, 0.25) is 0 Å². The third-order valence-corrected chi connectivity index (χ3v) is 5.92. The zero-order valence-corrected chi connectivity index (χ0v) is 16.9. The second kappa shape index (κ2) is 7.21. The summed E-state index contributed by atoms with van der Waals surface area (Å²) in [5.41, 5.74) is 7.59. The van der Waals surface area contributed by atoms with Crippen molar-refractivity contribution in [3.05, 3.63) is 89.2 Å². The van der Waals surface area contributed by atoms with Gasteiger partial charge in [-0.3, -0.25) is 0 Å². The molecule has 2 heterocycles. The number of aryl methyl sites for hydroxylation is 1. The van der Waals surface area contributed by atoms with Crippen LogP contribution in [0.1, 0.15) is 40.3 Å². The van der Waals surface area contributed by atoms with Gasteiger partial charge in [-0.2, -0.15) is 0 Å². The number of allylic oxidation sites excluding steroid dienone is 5. The van der Waals surface area contributed by atoms with E-state index >= 15 is 0 Å². The molecule has 2 nitrogen and oxygen atoms in total.